The molecule has 0 radical (unpaired) electrons. The molecule has 100 valence electrons. The fraction of sp³-hybridized carbons (Fsp3) is 0.818. The molecule has 1 aliphatic carbocycles. The molecule has 2 atom stereocenters. The highest BCUT2D eigenvalue weighted by atomic mass is 19.3. The van der Waals surface area contributed by atoms with Crippen LogP contribution in [0.25, 0.3) is 0 Å². The lowest BCUT2D eigenvalue weighted by Crippen LogP contribution is -2.49. The molecule has 1 aromatic heterocycles. The largest absolute Gasteiger partial charge is 0.422 e. The van der Waals surface area contributed by atoms with Crippen molar-refractivity contribution in [1.29, 1.82) is 0 Å². The van der Waals surface area contributed by atoms with Crippen LogP contribution in [0.4, 0.5) is 8.78 Å². The van der Waals surface area contributed by atoms with Crippen molar-refractivity contribution in [3.05, 3.63) is 11.8 Å². The van der Waals surface area contributed by atoms with Crippen LogP contribution in [-0.4, -0.2) is 28.8 Å². The van der Waals surface area contributed by atoms with E-state index in [2.05, 4.69) is 10.2 Å². The van der Waals surface area contributed by atoms with Gasteiger partial charge in [0.15, 0.2) is 0 Å². The van der Waals surface area contributed by atoms with Crippen LogP contribution in [0.2, 0.25) is 0 Å². The first-order valence-corrected chi connectivity index (χ1v) is 6.14. The van der Waals surface area contributed by atoms with Gasteiger partial charge in [0.05, 0.1) is 12.6 Å². The highest BCUT2D eigenvalue weighted by Crippen LogP contribution is 2.39. The van der Waals surface area contributed by atoms with Gasteiger partial charge in [-0.25, -0.2) is 8.78 Å². The molecule has 0 unspecified atom stereocenters. The van der Waals surface area contributed by atoms with Gasteiger partial charge in [-0.1, -0.05) is 6.42 Å². The van der Waals surface area contributed by atoms with E-state index in [4.69, 9.17) is 14.9 Å². The highest BCUT2D eigenvalue weighted by molar-refractivity contribution is 5.00. The number of hydrogen-bond acceptors (Lipinski definition) is 5. The van der Waals surface area contributed by atoms with Crippen molar-refractivity contribution < 1.29 is 17.9 Å². The maximum Gasteiger partial charge on any atom is 0.268 e. The average molecular weight is 259 g/mol. The van der Waals surface area contributed by atoms with Crippen LogP contribution in [0.15, 0.2) is 4.42 Å². The topological polar surface area (TPSA) is 74.2 Å². The summed E-state index contributed by atoms with van der Waals surface area (Å²) in [7, 11) is 0. The third-order valence-electron chi connectivity index (χ3n) is 3.66. The summed E-state index contributed by atoms with van der Waals surface area (Å²) in [6, 6.07) is -1.26. The van der Waals surface area contributed by atoms with Crippen molar-refractivity contribution in [2.45, 2.75) is 49.7 Å². The number of halogens is 2. The molecule has 0 amide bonds. The van der Waals surface area contributed by atoms with Gasteiger partial charge < -0.3 is 14.9 Å². The summed E-state index contributed by atoms with van der Waals surface area (Å²) in [4.78, 5) is 0. The molecular formula is C11H15F2N3O2. The van der Waals surface area contributed by atoms with E-state index < -0.39 is 24.5 Å². The number of hydrogen-bond donors (Lipinski definition) is 1. The van der Waals surface area contributed by atoms with E-state index in [0.717, 1.165) is 19.3 Å². The molecule has 0 spiro atoms. The second-order valence-electron chi connectivity index (χ2n) is 5.00. The molecule has 2 heterocycles. The van der Waals surface area contributed by atoms with Gasteiger partial charge in [-0.05, 0) is 12.8 Å². The van der Waals surface area contributed by atoms with Gasteiger partial charge in [0.2, 0.25) is 11.8 Å². The fourth-order valence-corrected chi connectivity index (χ4v) is 2.15. The van der Waals surface area contributed by atoms with E-state index in [1.54, 1.807) is 0 Å². The minimum Gasteiger partial charge on any atom is -0.422 e. The number of aromatic nitrogens is 2. The Morgan fingerprint density at radius 1 is 1.22 bits per heavy atom. The molecular weight excluding hydrogens is 244 g/mol. The quantitative estimate of drug-likeness (QED) is 0.876. The van der Waals surface area contributed by atoms with Gasteiger partial charge in [-0.15, -0.1) is 10.2 Å². The predicted octanol–water partition coefficient (Wildman–Crippen LogP) is 1.76. The van der Waals surface area contributed by atoms with Crippen LogP contribution in [0.5, 0.6) is 0 Å². The zero-order valence-corrected chi connectivity index (χ0v) is 9.81. The van der Waals surface area contributed by atoms with E-state index in [0.29, 0.717) is 5.89 Å². The van der Waals surface area contributed by atoms with Crippen molar-refractivity contribution in [3.8, 4) is 0 Å². The van der Waals surface area contributed by atoms with Crippen LogP contribution in [0.3, 0.4) is 0 Å². The normalized spacial score (nSPS) is 32.2. The molecule has 1 saturated heterocycles. The van der Waals surface area contributed by atoms with E-state index in [-0.39, 0.29) is 18.4 Å². The molecule has 18 heavy (non-hydrogen) atoms. The second-order valence-corrected chi connectivity index (χ2v) is 5.00. The minimum absolute atomic E-state index is 0.142. The van der Waals surface area contributed by atoms with Crippen LogP contribution >= 0.6 is 0 Å². The van der Waals surface area contributed by atoms with Crippen LogP contribution < -0.4 is 5.73 Å². The van der Waals surface area contributed by atoms with E-state index >= 15 is 0 Å². The molecule has 1 aliphatic heterocycles. The van der Waals surface area contributed by atoms with Gasteiger partial charge >= 0.3 is 0 Å². The summed E-state index contributed by atoms with van der Waals surface area (Å²) < 4.78 is 37.7. The molecule has 5 nitrogen and oxygen atoms in total. The van der Waals surface area contributed by atoms with Crippen LogP contribution in [0, 0.1) is 0 Å². The van der Waals surface area contributed by atoms with Gasteiger partial charge in [-0.2, -0.15) is 0 Å². The SMILES string of the molecule is N[C@H]1CO[C@H](c2nnc(C3CCC3)o2)CC1(F)F. The van der Waals surface area contributed by atoms with Crippen LogP contribution in [-0.2, 0) is 4.74 Å². The van der Waals surface area contributed by atoms with Crippen LogP contribution in [0.1, 0.15) is 49.5 Å². The smallest absolute Gasteiger partial charge is 0.268 e. The Balaban J connectivity index is 1.72. The van der Waals surface area contributed by atoms with E-state index in [1.807, 2.05) is 0 Å². The lowest BCUT2D eigenvalue weighted by molar-refractivity contribution is -0.149. The number of nitrogens with zero attached hydrogens (tertiary/aromatic N) is 2. The van der Waals surface area contributed by atoms with Crippen molar-refractivity contribution in [3.63, 3.8) is 0 Å². The van der Waals surface area contributed by atoms with Crippen molar-refractivity contribution in [2.24, 2.45) is 5.73 Å². The van der Waals surface area contributed by atoms with Gasteiger partial charge in [0, 0.05) is 12.3 Å². The van der Waals surface area contributed by atoms with Gasteiger partial charge in [0.1, 0.15) is 6.10 Å². The number of rotatable bonds is 2. The number of ether oxygens (including phenoxy) is 1. The summed E-state index contributed by atoms with van der Waals surface area (Å²) >= 11 is 0. The summed E-state index contributed by atoms with van der Waals surface area (Å²) in [6.45, 7) is -0.196. The minimum atomic E-state index is -2.95. The Bertz CT molecular complexity index is 434. The molecule has 2 aliphatic rings. The maximum absolute atomic E-state index is 13.5. The average Bonchev–Trinajstić information content (AvgIpc) is 2.68. The highest BCUT2D eigenvalue weighted by Gasteiger charge is 2.46. The van der Waals surface area contributed by atoms with Gasteiger partial charge in [0.25, 0.3) is 5.92 Å². The zero-order chi connectivity index (χ0) is 12.8. The third kappa shape index (κ3) is 2.01. The number of alkyl halides is 2. The summed E-state index contributed by atoms with van der Waals surface area (Å²) in [5, 5.41) is 7.72. The fourth-order valence-electron chi connectivity index (χ4n) is 2.15. The molecule has 2 N–H and O–H groups in total. The Morgan fingerprint density at radius 2 is 1.94 bits per heavy atom. The van der Waals surface area contributed by atoms with E-state index in [9.17, 15) is 8.78 Å². The molecule has 3 rings (SSSR count). The molecule has 1 saturated carbocycles. The maximum atomic E-state index is 13.5. The molecule has 0 bridgehead atoms. The second kappa shape index (κ2) is 4.24. The molecule has 2 fully saturated rings. The Morgan fingerprint density at radius 3 is 2.56 bits per heavy atom. The van der Waals surface area contributed by atoms with Crippen molar-refractivity contribution in [2.75, 3.05) is 6.61 Å². The molecule has 1 aromatic rings. The molecule has 7 heteroatoms. The summed E-state index contributed by atoms with van der Waals surface area (Å²) in [5.41, 5.74) is 5.30. The lowest BCUT2D eigenvalue weighted by atomic mass is 9.85. The monoisotopic (exact) mass is 259 g/mol. The van der Waals surface area contributed by atoms with Gasteiger partial charge in [-0.3, -0.25) is 0 Å². The Kier molecular flexibility index (Phi) is 2.82. The van der Waals surface area contributed by atoms with Crippen molar-refractivity contribution in [1.82, 2.24) is 10.2 Å². The Hall–Kier alpha value is -1.08. The Labute approximate surface area is 103 Å². The summed E-state index contributed by atoms with van der Waals surface area (Å²) in [5.74, 6) is -1.98. The van der Waals surface area contributed by atoms with E-state index in [1.165, 1.54) is 0 Å². The third-order valence-corrected chi connectivity index (χ3v) is 3.66. The molecule has 0 aromatic carbocycles. The first kappa shape index (κ1) is 12.0. The number of nitrogens with two attached hydrogens (primary N) is 1. The summed E-state index contributed by atoms with van der Waals surface area (Å²) in [6.07, 6.45) is 1.85. The lowest BCUT2D eigenvalue weighted by Gasteiger charge is -2.32. The zero-order valence-electron chi connectivity index (χ0n) is 9.81. The predicted molar refractivity (Wildman–Crippen MR) is 57.1 cm³/mol. The first-order chi connectivity index (χ1) is 8.56. The first-order valence-electron chi connectivity index (χ1n) is 6.14. The van der Waals surface area contributed by atoms with Crippen molar-refractivity contribution >= 4 is 0 Å². The standard InChI is InChI=1S/C11H15F2N3O2/c12-11(13)4-7(17-5-8(11)14)10-16-15-9(18-10)6-2-1-3-6/h6-8H,1-5,14H2/t7-,8-/m0/s1.